The second-order valence-corrected chi connectivity index (χ2v) is 6.45. The van der Waals surface area contributed by atoms with E-state index < -0.39 is 0 Å². The summed E-state index contributed by atoms with van der Waals surface area (Å²) in [6, 6.07) is 15.0. The monoisotopic (exact) mass is 450 g/mol. The highest BCUT2D eigenvalue weighted by Gasteiger charge is 2.07. The maximum absolute atomic E-state index is 11.8. The van der Waals surface area contributed by atoms with Gasteiger partial charge in [0.2, 0.25) is 0 Å². The van der Waals surface area contributed by atoms with Gasteiger partial charge >= 0.3 is 0 Å². The summed E-state index contributed by atoms with van der Waals surface area (Å²) >= 11 is 6.69. The Morgan fingerprint density at radius 2 is 1.92 bits per heavy atom. The third kappa shape index (κ3) is 4.04. The van der Waals surface area contributed by atoms with Crippen LogP contribution in [0.5, 0.6) is 5.75 Å². The first kappa shape index (κ1) is 16.7. The van der Waals surface area contributed by atoms with E-state index in [9.17, 15) is 4.79 Å². The van der Waals surface area contributed by atoms with Gasteiger partial charge < -0.3 is 9.15 Å². The van der Waals surface area contributed by atoms with Crippen molar-refractivity contribution in [2.45, 2.75) is 0 Å². The summed E-state index contributed by atoms with van der Waals surface area (Å²) in [5, 5.41) is 5.78. The summed E-state index contributed by atoms with van der Waals surface area (Å²) in [7, 11) is 0. The molecule has 0 saturated heterocycles. The van der Waals surface area contributed by atoms with E-state index in [1.54, 1.807) is 12.1 Å². The van der Waals surface area contributed by atoms with Gasteiger partial charge in [-0.2, -0.15) is 5.10 Å². The normalized spacial score (nSPS) is 11.1. The molecule has 122 valence electrons. The Labute approximate surface area is 154 Å². The van der Waals surface area contributed by atoms with Crippen molar-refractivity contribution in [3.05, 3.63) is 63.4 Å². The number of halogens is 2. The van der Waals surface area contributed by atoms with Gasteiger partial charge in [-0.25, -0.2) is 5.43 Å². The standard InChI is InChI=1S/C17H12Br2N2O3/c18-14-6-7-15(13-4-2-1-3-12(13)14)23-10-17(22)21-20-9-11-5-8-16(19)24-11/h1-9H,10H2,(H,21,22). The van der Waals surface area contributed by atoms with E-state index >= 15 is 0 Å². The number of furan rings is 1. The summed E-state index contributed by atoms with van der Waals surface area (Å²) in [6.07, 6.45) is 1.41. The fraction of sp³-hybridized carbons (Fsp3) is 0.0588. The Morgan fingerprint density at radius 3 is 2.67 bits per heavy atom. The van der Waals surface area contributed by atoms with Crippen molar-refractivity contribution in [2.75, 3.05) is 6.61 Å². The molecule has 0 aliphatic carbocycles. The van der Waals surface area contributed by atoms with Crippen LogP contribution < -0.4 is 10.2 Å². The Balaban J connectivity index is 1.60. The molecule has 0 aliphatic heterocycles. The SMILES string of the molecule is O=C(COc1ccc(Br)c2ccccc12)NN=Cc1ccc(Br)o1. The predicted octanol–water partition coefficient (Wildman–Crippen LogP) is 4.49. The minimum absolute atomic E-state index is 0.134. The van der Waals surface area contributed by atoms with Crippen molar-refractivity contribution in [3.8, 4) is 5.75 Å². The minimum Gasteiger partial charge on any atom is -0.483 e. The van der Waals surface area contributed by atoms with Crippen molar-refractivity contribution in [1.82, 2.24) is 5.43 Å². The summed E-state index contributed by atoms with van der Waals surface area (Å²) in [5.74, 6) is 0.814. The van der Waals surface area contributed by atoms with Crippen LogP contribution in [0.15, 0.2) is 67.2 Å². The van der Waals surface area contributed by atoms with Crippen molar-refractivity contribution in [3.63, 3.8) is 0 Å². The smallest absolute Gasteiger partial charge is 0.277 e. The third-order valence-corrected chi connectivity index (χ3v) is 4.28. The topological polar surface area (TPSA) is 63.8 Å². The summed E-state index contributed by atoms with van der Waals surface area (Å²) in [5.41, 5.74) is 2.39. The zero-order valence-corrected chi connectivity index (χ0v) is 15.5. The maximum Gasteiger partial charge on any atom is 0.277 e. The van der Waals surface area contributed by atoms with Crippen LogP contribution in [0.1, 0.15) is 5.76 Å². The number of hydrazone groups is 1. The van der Waals surface area contributed by atoms with Gasteiger partial charge in [0.1, 0.15) is 11.5 Å². The molecule has 7 heteroatoms. The lowest BCUT2D eigenvalue weighted by Gasteiger charge is -2.09. The van der Waals surface area contributed by atoms with Crippen molar-refractivity contribution in [1.29, 1.82) is 0 Å². The second-order valence-electron chi connectivity index (χ2n) is 4.81. The molecule has 0 unspecified atom stereocenters. The number of hydrogen-bond acceptors (Lipinski definition) is 4. The molecule has 24 heavy (non-hydrogen) atoms. The van der Waals surface area contributed by atoms with Gasteiger partial charge in [0, 0.05) is 9.86 Å². The number of carbonyl (C=O) groups is 1. The van der Waals surface area contributed by atoms with E-state index in [1.807, 2.05) is 36.4 Å². The highest BCUT2D eigenvalue weighted by molar-refractivity contribution is 9.10. The Kier molecular flexibility index (Phi) is 5.32. The number of rotatable bonds is 5. The average molecular weight is 452 g/mol. The van der Waals surface area contributed by atoms with Crippen molar-refractivity contribution < 1.29 is 13.9 Å². The lowest BCUT2D eigenvalue weighted by molar-refractivity contribution is -0.123. The molecule has 1 aromatic heterocycles. The lowest BCUT2D eigenvalue weighted by atomic mass is 10.1. The third-order valence-electron chi connectivity index (χ3n) is 3.16. The molecule has 5 nitrogen and oxygen atoms in total. The van der Waals surface area contributed by atoms with E-state index in [2.05, 4.69) is 42.4 Å². The summed E-state index contributed by atoms with van der Waals surface area (Å²) in [4.78, 5) is 11.8. The molecule has 0 saturated carbocycles. The first-order valence-electron chi connectivity index (χ1n) is 7.01. The summed E-state index contributed by atoms with van der Waals surface area (Å²) < 4.78 is 12.4. The molecule has 0 spiro atoms. The van der Waals surface area contributed by atoms with Gasteiger partial charge in [-0.3, -0.25) is 4.79 Å². The zero-order chi connectivity index (χ0) is 16.9. The molecule has 0 fully saturated rings. The van der Waals surface area contributed by atoms with Crippen LogP contribution in [-0.2, 0) is 4.79 Å². The largest absolute Gasteiger partial charge is 0.483 e. The second kappa shape index (κ2) is 7.63. The number of carbonyl (C=O) groups excluding carboxylic acids is 1. The maximum atomic E-state index is 11.8. The number of benzene rings is 2. The molecule has 3 rings (SSSR count). The first-order chi connectivity index (χ1) is 11.6. The fourth-order valence-electron chi connectivity index (χ4n) is 2.10. The number of nitrogens with zero attached hydrogens (tertiary/aromatic N) is 1. The van der Waals surface area contributed by atoms with Crippen LogP contribution in [0, 0.1) is 0 Å². The van der Waals surface area contributed by atoms with Gasteiger partial charge in [0.15, 0.2) is 11.3 Å². The summed E-state index contributed by atoms with van der Waals surface area (Å²) in [6.45, 7) is -0.134. The molecule has 0 aliphatic rings. The molecular weight excluding hydrogens is 440 g/mol. The van der Waals surface area contributed by atoms with Crippen LogP contribution in [-0.4, -0.2) is 18.7 Å². The average Bonchev–Trinajstić information content (AvgIpc) is 3.00. The molecule has 0 radical (unpaired) electrons. The van der Waals surface area contributed by atoms with Gasteiger partial charge in [-0.15, -0.1) is 0 Å². The number of hydrogen-bond donors (Lipinski definition) is 1. The van der Waals surface area contributed by atoms with E-state index in [0.29, 0.717) is 16.2 Å². The van der Waals surface area contributed by atoms with Gasteiger partial charge in [0.05, 0.1) is 6.21 Å². The zero-order valence-electron chi connectivity index (χ0n) is 12.3. The molecular formula is C17H12Br2N2O3. The Bertz CT molecular complexity index is 906. The molecule has 3 aromatic rings. The predicted molar refractivity (Wildman–Crippen MR) is 99.3 cm³/mol. The van der Waals surface area contributed by atoms with Gasteiger partial charge in [-0.05, 0) is 45.6 Å². The minimum atomic E-state index is -0.358. The van der Waals surface area contributed by atoms with E-state index in [-0.39, 0.29) is 12.5 Å². The van der Waals surface area contributed by atoms with Crippen molar-refractivity contribution in [2.24, 2.45) is 5.10 Å². The first-order valence-corrected chi connectivity index (χ1v) is 8.59. The molecule has 1 N–H and O–H groups in total. The Morgan fingerprint density at radius 1 is 1.12 bits per heavy atom. The van der Waals surface area contributed by atoms with E-state index in [0.717, 1.165) is 15.2 Å². The van der Waals surface area contributed by atoms with Crippen molar-refractivity contribution >= 4 is 54.8 Å². The van der Waals surface area contributed by atoms with E-state index in [1.165, 1.54) is 6.21 Å². The van der Waals surface area contributed by atoms with Crippen LogP contribution in [0.3, 0.4) is 0 Å². The number of ether oxygens (including phenoxy) is 1. The molecule has 2 aromatic carbocycles. The molecule has 0 atom stereocenters. The number of amides is 1. The van der Waals surface area contributed by atoms with Crippen LogP contribution >= 0.6 is 31.9 Å². The highest BCUT2D eigenvalue weighted by atomic mass is 79.9. The fourth-order valence-corrected chi connectivity index (χ4v) is 2.90. The van der Waals surface area contributed by atoms with Gasteiger partial charge in [0.25, 0.3) is 5.91 Å². The number of nitrogens with one attached hydrogen (secondary N) is 1. The lowest BCUT2D eigenvalue weighted by Crippen LogP contribution is -2.24. The molecule has 1 amide bonds. The van der Waals surface area contributed by atoms with Crippen LogP contribution in [0.25, 0.3) is 10.8 Å². The van der Waals surface area contributed by atoms with Crippen LogP contribution in [0.4, 0.5) is 0 Å². The number of fused-ring (bicyclic) bond motifs is 1. The Hall–Kier alpha value is -2.12. The van der Waals surface area contributed by atoms with E-state index in [4.69, 9.17) is 9.15 Å². The molecule has 0 bridgehead atoms. The molecule has 1 heterocycles. The van der Waals surface area contributed by atoms with Crippen LogP contribution in [0.2, 0.25) is 0 Å². The highest BCUT2D eigenvalue weighted by Crippen LogP contribution is 2.31. The quantitative estimate of drug-likeness (QED) is 0.459. The van der Waals surface area contributed by atoms with Gasteiger partial charge in [-0.1, -0.05) is 40.2 Å².